The molecule has 0 unspecified atom stereocenters. The van der Waals surface area contributed by atoms with E-state index in [1.165, 1.54) is 0 Å². The minimum Gasteiger partial charge on any atom is -0.379 e. The number of rotatable bonds is 6. The molecule has 0 saturated carbocycles. The van der Waals surface area contributed by atoms with Crippen molar-refractivity contribution in [3.05, 3.63) is 42.1 Å². The van der Waals surface area contributed by atoms with E-state index < -0.39 is 0 Å². The third kappa shape index (κ3) is 4.64. The standard InChI is InChI=1S/C17H21N3O3/c21-17(18-6-7-20-8-10-22-11-9-20)13-15-12-16(23-19-15)14-4-2-1-3-5-14/h1-5,12H,6-11,13H2,(H,18,21). The molecule has 1 amide bonds. The Morgan fingerprint density at radius 2 is 2.00 bits per heavy atom. The summed E-state index contributed by atoms with van der Waals surface area (Å²) in [6.45, 7) is 4.90. The number of benzene rings is 1. The fraction of sp³-hybridized carbons (Fsp3) is 0.412. The second-order valence-corrected chi connectivity index (χ2v) is 5.53. The van der Waals surface area contributed by atoms with E-state index in [9.17, 15) is 4.79 Å². The number of carbonyl (C=O) groups is 1. The quantitative estimate of drug-likeness (QED) is 0.871. The number of nitrogens with one attached hydrogen (secondary N) is 1. The molecule has 6 heteroatoms. The summed E-state index contributed by atoms with van der Waals surface area (Å²) in [6.07, 6.45) is 0.236. The van der Waals surface area contributed by atoms with Crippen LogP contribution in [0.1, 0.15) is 5.69 Å². The molecule has 0 atom stereocenters. The van der Waals surface area contributed by atoms with Crippen LogP contribution in [0.2, 0.25) is 0 Å². The summed E-state index contributed by atoms with van der Waals surface area (Å²) < 4.78 is 10.6. The summed E-state index contributed by atoms with van der Waals surface area (Å²) in [5, 5.41) is 6.89. The molecule has 23 heavy (non-hydrogen) atoms. The minimum absolute atomic E-state index is 0.0360. The fourth-order valence-electron chi connectivity index (χ4n) is 2.54. The summed E-state index contributed by atoms with van der Waals surface area (Å²) >= 11 is 0. The molecule has 0 radical (unpaired) electrons. The third-order valence-electron chi connectivity index (χ3n) is 3.81. The molecule has 1 aromatic heterocycles. The van der Waals surface area contributed by atoms with Crippen LogP contribution in [-0.2, 0) is 16.0 Å². The van der Waals surface area contributed by atoms with Crippen LogP contribution >= 0.6 is 0 Å². The van der Waals surface area contributed by atoms with Crippen LogP contribution in [0.3, 0.4) is 0 Å². The van der Waals surface area contributed by atoms with E-state index in [1.807, 2.05) is 36.4 Å². The lowest BCUT2D eigenvalue weighted by molar-refractivity contribution is -0.120. The zero-order chi connectivity index (χ0) is 15.9. The van der Waals surface area contributed by atoms with Gasteiger partial charge in [0.25, 0.3) is 0 Å². The topological polar surface area (TPSA) is 67.6 Å². The average molecular weight is 315 g/mol. The van der Waals surface area contributed by atoms with Gasteiger partial charge in [0.15, 0.2) is 5.76 Å². The minimum atomic E-state index is -0.0360. The van der Waals surface area contributed by atoms with E-state index in [2.05, 4.69) is 15.4 Å². The molecule has 3 rings (SSSR count). The van der Waals surface area contributed by atoms with E-state index in [0.717, 1.165) is 38.4 Å². The predicted octanol–water partition coefficient (Wildman–Crippen LogP) is 1.33. The van der Waals surface area contributed by atoms with E-state index >= 15 is 0 Å². The highest BCUT2D eigenvalue weighted by molar-refractivity contribution is 5.78. The Kier molecular flexibility index (Phi) is 5.39. The zero-order valence-corrected chi connectivity index (χ0v) is 13.0. The first-order valence-electron chi connectivity index (χ1n) is 7.89. The number of ether oxygens (including phenoxy) is 1. The second kappa shape index (κ2) is 7.89. The number of amides is 1. The lowest BCUT2D eigenvalue weighted by Gasteiger charge is -2.26. The number of carbonyl (C=O) groups excluding carboxylic acids is 1. The van der Waals surface area contributed by atoms with Crippen LogP contribution in [0.15, 0.2) is 40.9 Å². The van der Waals surface area contributed by atoms with Gasteiger partial charge < -0.3 is 14.6 Å². The van der Waals surface area contributed by atoms with Gasteiger partial charge in [0.05, 0.1) is 25.3 Å². The number of nitrogens with zero attached hydrogens (tertiary/aromatic N) is 2. The highest BCUT2D eigenvalue weighted by atomic mass is 16.5. The van der Waals surface area contributed by atoms with Crippen molar-refractivity contribution < 1.29 is 14.1 Å². The Morgan fingerprint density at radius 3 is 2.78 bits per heavy atom. The molecule has 0 spiro atoms. The maximum absolute atomic E-state index is 12.0. The van der Waals surface area contributed by atoms with E-state index in [-0.39, 0.29) is 12.3 Å². The van der Waals surface area contributed by atoms with Gasteiger partial charge in [-0.2, -0.15) is 0 Å². The van der Waals surface area contributed by atoms with Gasteiger partial charge in [-0.1, -0.05) is 35.5 Å². The highest BCUT2D eigenvalue weighted by Crippen LogP contribution is 2.19. The summed E-state index contributed by atoms with van der Waals surface area (Å²) in [5.41, 5.74) is 1.60. The Morgan fingerprint density at radius 1 is 1.22 bits per heavy atom. The van der Waals surface area contributed by atoms with Gasteiger partial charge in [-0.25, -0.2) is 0 Å². The zero-order valence-electron chi connectivity index (χ0n) is 13.0. The van der Waals surface area contributed by atoms with Crippen molar-refractivity contribution >= 4 is 5.91 Å². The molecule has 1 N–H and O–H groups in total. The number of hydrogen-bond donors (Lipinski definition) is 1. The molecule has 0 aliphatic carbocycles. The van der Waals surface area contributed by atoms with Crippen molar-refractivity contribution in [1.29, 1.82) is 0 Å². The molecule has 122 valence electrons. The molecule has 1 saturated heterocycles. The summed E-state index contributed by atoms with van der Waals surface area (Å²) in [4.78, 5) is 14.2. The number of aromatic nitrogens is 1. The van der Waals surface area contributed by atoms with Crippen LogP contribution in [0.5, 0.6) is 0 Å². The van der Waals surface area contributed by atoms with Crippen LogP contribution in [0, 0.1) is 0 Å². The molecule has 1 aromatic carbocycles. The van der Waals surface area contributed by atoms with E-state index in [0.29, 0.717) is 18.0 Å². The molecular weight excluding hydrogens is 294 g/mol. The van der Waals surface area contributed by atoms with Crippen molar-refractivity contribution in [2.45, 2.75) is 6.42 Å². The first-order valence-corrected chi connectivity index (χ1v) is 7.89. The average Bonchev–Trinajstić information content (AvgIpc) is 3.05. The molecule has 1 aliphatic rings. The van der Waals surface area contributed by atoms with Gasteiger partial charge in [-0.05, 0) is 0 Å². The van der Waals surface area contributed by atoms with E-state index in [1.54, 1.807) is 0 Å². The first kappa shape index (κ1) is 15.7. The van der Waals surface area contributed by atoms with Crippen molar-refractivity contribution in [2.24, 2.45) is 0 Å². The Balaban J connectivity index is 1.44. The molecule has 1 aliphatic heterocycles. The van der Waals surface area contributed by atoms with Gasteiger partial charge in [0.1, 0.15) is 0 Å². The van der Waals surface area contributed by atoms with Crippen LogP contribution in [0.25, 0.3) is 11.3 Å². The summed E-state index contributed by atoms with van der Waals surface area (Å²) in [6, 6.07) is 11.5. The van der Waals surface area contributed by atoms with Crippen LogP contribution < -0.4 is 5.32 Å². The molecule has 0 bridgehead atoms. The Hall–Kier alpha value is -2.18. The molecule has 6 nitrogen and oxygen atoms in total. The smallest absolute Gasteiger partial charge is 0.226 e. The van der Waals surface area contributed by atoms with Gasteiger partial charge in [0.2, 0.25) is 5.91 Å². The predicted molar refractivity (Wildman–Crippen MR) is 85.9 cm³/mol. The molecular formula is C17H21N3O3. The SMILES string of the molecule is O=C(Cc1cc(-c2ccccc2)on1)NCCN1CCOCC1. The Labute approximate surface area is 135 Å². The maximum Gasteiger partial charge on any atom is 0.226 e. The highest BCUT2D eigenvalue weighted by Gasteiger charge is 2.12. The number of hydrogen-bond acceptors (Lipinski definition) is 5. The van der Waals surface area contributed by atoms with Gasteiger partial charge >= 0.3 is 0 Å². The summed E-state index contributed by atoms with van der Waals surface area (Å²) in [7, 11) is 0. The molecule has 2 aromatic rings. The normalized spacial score (nSPS) is 15.5. The van der Waals surface area contributed by atoms with Crippen LogP contribution in [-0.4, -0.2) is 55.4 Å². The summed E-state index contributed by atoms with van der Waals surface area (Å²) in [5.74, 6) is 0.646. The molecule has 2 heterocycles. The largest absolute Gasteiger partial charge is 0.379 e. The van der Waals surface area contributed by atoms with Crippen LogP contribution in [0.4, 0.5) is 0 Å². The van der Waals surface area contributed by atoms with Gasteiger partial charge in [-0.3, -0.25) is 9.69 Å². The van der Waals surface area contributed by atoms with Gasteiger partial charge in [-0.15, -0.1) is 0 Å². The third-order valence-corrected chi connectivity index (χ3v) is 3.81. The fourth-order valence-corrected chi connectivity index (χ4v) is 2.54. The van der Waals surface area contributed by atoms with Crippen molar-refractivity contribution in [3.8, 4) is 11.3 Å². The first-order chi connectivity index (χ1) is 11.3. The second-order valence-electron chi connectivity index (χ2n) is 5.53. The van der Waals surface area contributed by atoms with Crippen molar-refractivity contribution in [2.75, 3.05) is 39.4 Å². The number of morpholine rings is 1. The van der Waals surface area contributed by atoms with Gasteiger partial charge in [0, 0.05) is 37.8 Å². The lowest BCUT2D eigenvalue weighted by Crippen LogP contribution is -2.41. The van der Waals surface area contributed by atoms with Crippen molar-refractivity contribution in [1.82, 2.24) is 15.4 Å². The van der Waals surface area contributed by atoms with E-state index in [4.69, 9.17) is 9.26 Å². The lowest BCUT2D eigenvalue weighted by atomic mass is 10.1. The van der Waals surface area contributed by atoms with Crippen molar-refractivity contribution in [3.63, 3.8) is 0 Å². The molecule has 1 fully saturated rings. The Bertz CT molecular complexity index is 621. The monoisotopic (exact) mass is 315 g/mol. The maximum atomic E-state index is 12.0.